The molecule has 1 aromatic heterocycles. The summed E-state index contributed by atoms with van der Waals surface area (Å²) in [5.41, 5.74) is 8.62. The number of anilines is 4. The van der Waals surface area contributed by atoms with Crippen molar-refractivity contribution in [3.8, 4) is 5.75 Å². The van der Waals surface area contributed by atoms with Crippen molar-refractivity contribution in [1.29, 1.82) is 0 Å². The third-order valence-electron chi connectivity index (χ3n) is 4.56. The van der Waals surface area contributed by atoms with Crippen molar-refractivity contribution >= 4 is 34.8 Å². The summed E-state index contributed by atoms with van der Waals surface area (Å²) in [5, 5.41) is 6.34. The van der Waals surface area contributed by atoms with Gasteiger partial charge in [0.25, 0.3) is 0 Å². The number of para-hydroxylation sites is 1. The number of amides is 1. The second-order valence-corrected chi connectivity index (χ2v) is 6.76. The molecule has 0 bridgehead atoms. The highest BCUT2D eigenvalue weighted by molar-refractivity contribution is 5.94. The molecular formula is C23H23N5O3. The zero-order valence-electron chi connectivity index (χ0n) is 17.3. The van der Waals surface area contributed by atoms with Crippen LogP contribution in [0, 0.1) is 6.92 Å². The van der Waals surface area contributed by atoms with Crippen LogP contribution in [0.15, 0.2) is 61.3 Å². The lowest BCUT2D eigenvalue weighted by molar-refractivity contribution is -0.114. The number of carbonyl (C=O) groups excluding carboxylic acids is 2. The molecule has 8 heteroatoms. The van der Waals surface area contributed by atoms with E-state index in [2.05, 4.69) is 27.2 Å². The number of primary amides is 1. The average Bonchev–Trinajstić information content (AvgIpc) is 2.77. The summed E-state index contributed by atoms with van der Waals surface area (Å²) in [7, 11) is 1.52. The Labute approximate surface area is 180 Å². The zero-order chi connectivity index (χ0) is 22.4. The Hall–Kier alpha value is -4.20. The van der Waals surface area contributed by atoms with E-state index in [-0.39, 0.29) is 12.2 Å². The minimum atomic E-state index is -0.552. The lowest BCUT2D eigenvalue weighted by atomic mass is 10.1. The number of hydrogen-bond donors (Lipinski definition) is 3. The van der Waals surface area contributed by atoms with Crippen molar-refractivity contribution < 1.29 is 14.3 Å². The molecule has 1 heterocycles. The van der Waals surface area contributed by atoms with Crippen LogP contribution in [0.4, 0.5) is 23.1 Å². The third-order valence-corrected chi connectivity index (χ3v) is 4.56. The van der Waals surface area contributed by atoms with Gasteiger partial charge in [0.05, 0.1) is 12.8 Å². The number of ether oxygens (including phenoxy) is 1. The molecule has 3 aromatic rings. The summed E-state index contributed by atoms with van der Waals surface area (Å²) in [4.78, 5) is 32.2. The van der Waals surface area contributed by atoms with Crippen LogP contribution in [-0.4, -0.2) is 28.8 Å². The number of aromatic nitrogens is 2. The van der Waals surface area contributed by atoms with E-state index in [9.17, 15) is 9.59 Å². The second kappa shape index (κ2) is 9.53. The van der Waals surface area contributed by atoms with Gasteiger partial charge in [0.15, 0.2) is 5.78 Å². The number of nitrogens with two attached hydrogens (primary N) is 1. The zero-order valence-corrected chi connectivity index (χ0v) is 17.3. The maximum absolute atomic E-state index is 11.8. The van der Waals surface area contributed by atoms with E-state index in [0.717, 1.165) is 16.8 Å². The standard InChI is InChI=1S/C23H23N5O3/c1-4-17(29)11-15-7-5-6-8-18(15)26-22-14(2)13-25-23(28-22)27-19-12-16(21(24)30)9-10-20(19)31-3/h4-10,12-13H,1,11H2,2-3H3,(H2,24,30)(H2,25,26,27,28). The molecule has 2 aromatic carbocycles. The van der Waals surface area contributed by atoms with Crippen LogP contribution in [0.3, 0.4) is 0 Å². The maximum Gasteiger partial charge on any atom is 0.248 e. The van der Waals surface area contributed by atoms with Gasteiger partial charge in [0, 0.05) is 29.4 Å². The fraction of sp³-hybridized carbons (Fsp3) is 0.130. The number of nitrogens with zero attached hydrogens (tertiary/aromatic N) is 2. The molecule has 0 saturated carbocycles. The van der Waals surface area contributed by atoms with E-state index >= 15 is 0 Å². The predicted molar refractivity (Wildman–Crippen MR) is 120 cm³/mol. The van der Waals surface area contributed by atoms with Crippen molar-refractivity contribution in [3.05, 3.63) is 78.0 Å². The lowest BCUT2D eigenvalue weighted by Crippen LogP contribution is -2.11. The summed E-state index contributed by atoms with van der Waals surface area (Å²) in [6.45, 7) is 5.40. The first kappa shape index (κ1) is 21.5. The normalized spacial score (nSPS) is 10.3. The van der Waals surface area contributed by atoms with E-state index in [1.54, 1.807) is 24.4 Å². The number of carbonyl (C=O) groups is 2. The number of benzene rings is 2. The summed E-state index contributed by atoms with van der Waals surface area (Å²) < 4.78 is 5.34. The summed E-state index contributed by atoms with van der Waals surface area (Å²) >= 11 is 0. The van der Waals surface area contributed by atoms with Crippen LogP contribution < -0.4 is 21.1 Å². The van der Waals surface area contributed by atoms with Gasteiger partial charge >= 0.3 is 0 Å². The SMILES string of the molecule is C=CC(=O)Cc1ccccc1Nc1nc(Nc2cc(C(N)=O)ccc2OC)ncc1C. The van der Waals surface area contributed by atoms with E-state index < -0.39 is 5.91 Å². The Morgan fingerprint density at radius 1 is 1.16 bits per heavy atom. The molecule has 4 N–H and O–H groups in total. The first-order valence-electron chi connectivity index (χ1n) is 9.50. The number of allylic oxidation sites excluding steroid dienone is 1. The third kappa shape index (κ3) is 5.24. The second-order valence-electron chi connectivity index (χ2n) is 6.76. The maximum atomic E-state index is 11.8. The van der Waals surface area contributed by atoms with Crippen LogP contribution in [-0.2, 0) is 11.2 Å². The van der Waals surface area contributed by atoms with Crippen LogP contribution >= 0.6 is 0 Å². The Morgan fingerprint density at radius 3 is 2.65 bits per heavy atom. The highest BCUT2D eigenvalue weighted by Crippen LogP contribution is 2.29. The summed E-state index contributed by atoms with van der Waals surface area (Å²) in [5.74, 6) is 0.756. The fourth-order valence-corrected chi connectivity index (χ4v) is 2.89. The van der Waals surface area contributed by atoms with E-state index in [1.165, 1.54) is 13.2 Å². The molecule has 0 aliphatic heterocycles. The van der Waals surface area contributed by atoms with Crippen molar-refractivity contribution in [2.75, 3.05) is 17.7 Å². The van der Waals surface area contributed by atoms with Gasteiger partial charge in [-0.2, -0.15) is 4.98 Å². The number of rotatable bonds is 9. The number of methoxy groups -OCH3 is 1. The molecule has 0 fully saturated rings. The number of nitrogens with one attached hydrogen (secondary N) is 2. The van der Waals surface area contributed by atoms with Crippen molar-refractivity contribution in [1.82, 2.24) is 9.97 Å². The average molecular weight is 417 g/mol. The molecule has 8 nitrogen and oxygen atoms in total. The van der Waals surface area contributed by atoms with Crippen molar-refractivity contribution in [2.24, 2.45) is 5.73 Å². The minimum Gasteiger partial charge on any atom is -0.495 e. The van der Waals surface area contributed by atoms with Crippen molar-refractivity contribution in [3.63, 3.8) is 0 Å². The number of aryl methyl sites for hydroxylation is 1. The Bertz CT molecular complexity index is 1140. The minimum absolute atomic E-state index is 0.0718. The van der Waals surface area contributed by atoms with Gasteiger partial charge in [-0.15, -0.1) is 0 Å². The fourth-order valence-electron chi connectivity index (χ4n) is 2.89. The largest absolute Gasteiger partial charge is 0.495 e. The van der Waals surface area contributed by atoms with Gasteiger partial charge in [-0.3, -0.25) is 9.59 Å². The molecule has 0 atom stereocenters. The van der Waals surface area contributed by atoms with Gasteiger partial charge in [0.2, 0.25) is 11.9 Å². The molecule has 31 heavy (non-hydrogen) atoms. The van der Waals surface area contributed by atoms with Crippen molar-refractivity contribution in [2.45, 2.75) is 13.3 Å². The van der Waals surface area contributed by atoms with Gasteiger partial charge in [-0.1, -0.05) is 24.8 Å². The molecule has 0 aliphatic carbocycles. The molecular weight excluding hydrogens is 394 g/mol. The van der Waals surface area contributed by atoms with Gasteiger partial charge in [-0.05, 0) is 42.8 Å². The molecule has 0 radical (unpaired) electrons. The lowest BCUT2D eigenvalue weighted by Gasteiger charge is -2.15. The summed E-state index contributed by atoms with van der Waals surface area (Å²) in [6.07, 6.45) is 3.21. The molecule has 0 saturated heterocycles. The first-order valence-corrected chi connectivity index (χ1v) is 9.50. The highest BCUT2D eigenvalue weighted by atomic mass is 16.5. The Morgan fingerprint density at radius 2 is 1.94 bits per heavy atom. The quantitative estimate of drug-likeness (QED) is 0.454. The molecule has 0 spiro atoms. The molecule has 0 unspecified atom stereocenters. The van der Waals surface area contributed by atoms with E-state index in [4.69, 9.17) is 10.5 Å². The molecule has 158 valence electrons. The first-order chi connectivity index (χ1) is 14.9. The Kier molecular flexibility index (Phi) is 6.61. The molecule has 1 amide bonds. The predicted octanol–water partition coefficient (Wildman–Crippen LogP) is 3.68. The van der Waals surface area contributed by atoms with Gasteiger partial charge < -0.3 is 21.1 Å². The topological polar surface area (TPSA) is 119 Å². The van der Waals surface area contributed by atoms with Crippen LogP contribution in [0.1, 0.15) is 21.5 Å². The highest BCUT2D eigenvalue weighted by Gasteiger charge is 2.12. The van der Waals surface area contributed by atoms with E-state index in [1.807, 2.05) is 31.2 Å². The van der Waals surface area contributed by atoms with Crippen LogP contribution in [0.2, 0.25) is 0 Å². The molecule has 3 rings (SSSR count). The van der Waals surface area contributed by atoms with Crippen LogP contribution in [0.25, 0.3) is 0 Å². The molecule has 0 aliphatic rings. The summed E-state index contributed by atoms with van der Waals surface area (Å²) in [6, 6.07) is 12.3. The number of ketones is 1. The van der Waals surface area contributed by atoms with Gasteiger partial charge in [0.1, 0.15) is 11.6 Å². The van der Waals surface area contributed by atoms with Crippen LogP contribution in [0.5, 0.6) is 5.75 Å². The van der Waals surface area contributed by atoms with Gasteiger partial charge in [-0.25, -0.2) is 4.98 Å². The Balaban J connectivity index is 1.91. The number of hydrogen-bond acceptors (Lipinski definition) is 7. The monoisotopic (exact) mass is 417 g/mol. The smallest absolute Gasteiger partial charge is 0.248 e. The van der Waals surface area contributed by atoms with E-state index in [0.29, 0.717) is 28.8 Å².